The van der Waals surface area contributed by atoms with Gasteiger partial charge in [-0.05, 0) is 72.4 Å². The van der Waals surface area contributed by atoms with E-state index in [0.29, 0.717) is 17.9 Å². The van der Waals surface area contributed by atoms with Gasteiger partial charge in [0.25, 0.3) is 0 Å². The topological polar surface area (TPSA) is 35.5 Å². The summed E-state index contributed by atoms with van der Waals surface area (Å²) in [4.78, 5) is 12.5. The van der Waals surface area contributed by atoms with E-state index in [1.807, 2.05) is 36.4 Å². The van der Waals surface area contributed by atoms with Crippen LogP contribution in [0.15, 0.2) is 72.8 Å². The fraction of sp³-hybridized carbons (Fsp3) is 0.387. The molecule has 3 aromatic carbocycles. The van der Waals surface area contributed by atoms with Gasteiger partial charge in [0.1, 0.15) is 11.5 Å². The highest BCUT2D eigenvalue weighted by Crippen LogP contribution is 2.23. The number of benzene rings is 3. The van der Waals surface area contributed by atoms with E-state index in [4.69, 9.17) is 9.47 Å². The third-order valence-corrected chi connectivity index (χ3v) is 6.03. The molecule has 0 heterocycles. The number of hydrogen-bond acceptors (Lipinski definition) is 3. The van der Waals surface area contributed by atoms with Crippen LogP contribution in [0.1, 0.15) is 81.1 Å². The van der Waals surface area contributed by atoms with Crippen molar-refractivity contribution < 1.29 is 14.3 Å². The molecule has 0 saturated carbocycles. The van der Waals surface area contributed by atoms with Gasteiger partial charge in [-0.1, -0.05) is 88.8 Å². The first-order valence-corrected chi connectivity index (χ1v) is 12.8. The van der Waals surface area contributed by atoms with Gasteiger partial charge in [0.2, 0.25) is 0 Å². The van der Waals surface area contributed by atoms with Crippen molar-refractivity contribution in [2.24, 2.45) is 0 Å². The lowest BCUT2D eigenvalue weighted by molar-refractivity contribution is 0.0734. The summed E-state index contributed by atoms with van der Waals surface area (Å²) >= 11 is 0. The molecule has 0 fully saturated rings. The second kappa shape index (κ2) is 14.2. The molecule has 0 N–H and O–H groups in total. The summed E-state index contributed by atoms with van der Waals surface area (Å²) in [6.07, 6.45) is 11.2. The van der Waals surface area contributed by atoms with E-state index < -0.39 is 0 Å². The van der Waals surface area contributed by atoms with E-state index in [2.05, 4.69) is 38.1 Å². The fourth-order valence-electron chi connectivity index (χ4n) is 3.88. The van der Waals surface area contributed by atoms with Gasteiger partial charge in [-0.25, -0.2) is 4.79 Å². The Morgan fingerprint density at radius 2 is 1.18 bits per heavy atom. The first-order chi connectivity index (χ1) is 16.7. The van der Waals surface area contributed by atoms with E-state index in [0.717, 1.165) is 36.1 Å². The minimum Gasteiger partial charge on any atom is -0.494 e. The Kier molecular flexibility index (Phi) is 10.7. The van der Waals surface area contributed by atoms with Crippen LogP contribution in [0, 0.1) is 0 Å². The number of hydrogen-bond donors (Lipinski definition) is 0. The van der Waals surface area contributed by atoms with E-state index in [-0.39, 0.29) is 5.97 Å². The van der Waals surface area contributed by atoms with Gasteiger partial charge < -0.3 is 9.47 Å². The molecule has 180 valence electrons. The van der Waals surface area contributed by atoms with E-state index in [1.165, 1.54) is 44.1 Å². The molecule has 0 aromatic heterocycles. The number of carbonyl (C=O) groups excluding carboxylic acids is 1. The molecule has 3 rings (SSSR count). The maximum atomic E-state index is 12.5. The van der Waals surface area contributed by atoms with Crippen molar-refractivity contribution in [2.75, 3.05) is 6.61 Å². The number of unbranched alkanes of at least 4 members (excludes halogenated alkanes) is 6. The molecule has 0 aliphatic heterocycles. The third-order valence-electron chi connectivity index (χ3n) is 6.03. The molecule has 3 nitrogen and oxygen atoms in total. The smallest absolute Gasteiger partial charge is 0.343 e. The maximum Gasteiger partial charge on any atom is 0.343 e. The second-order valence-corrected chi connectivity index (χ2v) is 8.85. The molecule has 3 aromatic rings. The molecular formula is C31H38O3. The number of rotatable bonds is 14. The minimum absolute atomic E-state index is 0.361. The molecule has 0 aliphatic carbocycles. The van der Waals surface area contributed by atoms with Crippen LogP contribution in [-0.4, -0.2) is 12.6 Å². The number of aryl methyl sites for hydroxylation is 1. The van der Waals surface area contributed by atoms with Crippen LogP contribution < -0.4 is 9.47 Å². The van der Waals surface area contributed by atoms with Crippen molar-refractivity contribution in [3.05, 3.63) is 83.9 Å². The Morgan fingerprint density at radius 3 is 1.82 bits per heavy atom. The van der Waals surface area contributed by atoms with Gasteiger partial charge >= 0.3 is 5.97 Å². The van der Waals surface area contributed by atoms with Crippen molar-refractivity contribution in [2.45, 2.75) is 71.6 Å². The summed E-state index contributed by atoms with van der Waals surface area (Å²) in [6, 6.07) is 23.6. The zero-order valence-electron chi connectivity index (χ0n) is 20.7. The predicted molar refractivity (Wildman–Crippen MR) is 141 cm³/mol. The summed E-state index contributed by atoms with van der Waals surface area (Å²) in [5.41, 5.74) is 4.18. The molecule has 0 radical (unpaired) electrons. The summed E-state index contributed by atoms with van der Waals surface area (Å²) in [7, 11) is 0. The maximum absolute atomic E-state index is 12.5. The average Bonchev–Trinajstić information content (AvgIpc) is 2.88. The SMILES string of the molecule is CCCCCCCCc1ccc(-c2ccc(C(=O)Oc3ccc(OCCCC)cc3)cc2)cc1. The summed E-state index contributed by atoms with van der Waals surface area (Å²) in [5, 5.41) is 0. The first-order valence-electron chi connectivity index (χ1n) is 12.8. The normalized spacial score (nSPS) is 10.8. The summed E-state index contributed by atoms with van der Waals surface area (Å²) in [5.74, 6) is 0.939. The minimum atomic E-state index is -0.361. The highest BCUT2D eigenvalue weighted by atomic mass is 16.5. The number of ether oxygens (including phenoxy) is 2. The Bertz CT molecular complexity index is 973. The van der Waals surface area contributed by atoms with Crippen LogP contribution in [-0.2, 0) is 6.42 Å². The largest absolute Gasteiger partial charge is 0.494 e. The fourth-order valence-corrected chi connectivity index (χ4v) is 3.88. The number of carbonyl (C=O) groups is 1. The van der Waals surface area contributed by atoms with Crippen LogP contribution in [0.2, 0.25) is 0 Å². The van der Waals surface area contributed by atoms with E-state index in [1.54, 1.807) is 12.1 Å². The Labute approximate surface area is 205 Å². The molecule has 0 unspecified atom stereocenters. The summed E-state index contributed by atoms with van der Waals surface area (Å²) < 4.78 is 11.2. The van der Waals surface area contributed by atoms with Crippen molar-refractivity contribution >= 4 is 5.97 Å². The van der Waals surface area contributed by atoms with E-state index >= 15 is 0 Å². The Balaban J connectivity index is 1.48. The van der Waals surface area contributed by atoms with E-state index in [9.17, 15) is 4.79 Å². The second-order valence-electron chi connectivity index (χ2n) is 8.85. The Morgan fingerprint density at radius 1 is 0.618 bits per heavy atom. The molecule has 0 spiro atoms. The van der Waals surface area contributed by atoms with Crippen molar-refractivity contribution in [1.29, 1.82) is 0 Å². The van der Waals surface area contributed by atoms with Gasteiger partial charge in [0.05, 0.1) is 12.2 Å². The van der Waals surface area contributed by atoms with Crippen LogP contribution in [0.4, 0.5) is 0 Å². The Hall–Kier alpha value is -3.07. The molecule has 3 heteroatoms. The standard InChI is InChI=1S/C31H38O3/c1-3-5-7-8-9-10-11-25-12-14-26(15-13-25)27-16-18-28(19-17-27)31(32)34-30-22-20-29(21-23-30)33-24-6-4-2/h12-23H,3-11,24H2,1-2H3. The summed E-state index contributed by atoms with van der Waals surface area (Å²) in [6.45, 7) is 5.08. The quantitative estimate of drug-likeness (QED) is 0.138. The van der Waals surface area contributed by atoms with Gasteiger partial charge in [-0.2, -0.15) is 0 Å². The van der Waals surface area contributed by atoms with Crippen molar-refractivity contribution in [3.8, 4) is 22.6 Å². The highest BCUT2D eigenvalue weighted by Gasteiger charge is 2.09. The molecule has 0 amide bonds. The predicted octanol–water partition coefficient (Wildman–Crippen LogP) is 8.65. The van der Waals surface area contributed by atoms with Crippen LogP contribution in [0.3, 0.4) is 0 Å². The van der Waals surface area contributed by atoms with Crippen molar-refractivity contribution in [1.82, 2.24) is 0 Å². The molecule has 0 atom stereocenters. The lowest BCUT2D eigenvalue weighted by Crippen LogP contribution is -2.08. The lowest BCUT2D eigenvalue weighted by Gasteiger charge is -2.08. The third kappa shape index (κ3) is 8.37. The van der Waals surface area contributed by atoms with Gasteiger partial charge in [0, 0.05) is 0 Å². The van der Waals surface area contributed by atoms with Crippen LogP contribution in [0.5, 0.6) is 11.5 Å². The lowest BCUT2D eigenvalue weighted by atomic mass is 10.00. The molecule has 34 heavy (non-hydrogen) atoms. The van der Waals surface area contributed by atoms with Crippen LogP contribution in [0.25, 0.3) is 11.1 Å². The van der Waals surface area contributed by atoms with Crippen LogP contribution >= 0.6 is 0 Å². The molecule has 0 saturated heterocycles. The highest BCUT2D eigenvalue weighted by molar-refractivity contribution is 5.91. The monoisotopic (exact) mass is 458 g/mol. The molecule has 0 aliphatic rings. The zero-order chi connectivity index (χ0) is 24.0. The zero-order valence-corrected chi connectivity index (χ0v) is 20.7. The first kappa shape index (κ1) is 25.6. The van der Waals surface area contributed by atoms with Gasteiger partial charge in [0.15, 0.2) is 0 Å². The molecule has 0 bridgehead atoms. The van der Waals surface area contributed by atoms with Gasteiger partial charge in [-0.15, -0.1) is 0 Å². The van der Waals surface area contributed by atoms with Gasteiger partial charge in [-0.3, -0.25) is 0 Å². The number of esters is 1. The van der Waals surface area contributed by atoms with Crippen molar-refractivity contribution in [3.63, 3.8) is 0 Å². The molecular weight excluding hydrogens is 420 g/mol. The average molecular weight is 459 g/mol.